The van der Waals surface area contributed by atoms with Gasteiger partial charge in [0.15, 0.2) is 0 Å². The van der Waals surface area contributed by atoms with Crippen molar-refractivity contribution in [3.05, 3.63) is 75.1 Å². The van der Waals surface area contributed by atoms with Gasteiger partial charge in [0, 0.05) is 0 Å². The van der Waals surface area contributed by atoms with Crippen LogP contribution >= 0.6 is 0 Å². The van der Waals surface area contributed by atoms with Gasteiger partial charge in [0.25, 0.3) is 0 Å². The zero-order valence-electron chi connectivity index (χ0n) is 18.5. The van der Waals surface area contributed by atoms with Gasteiger partial charge in [-0.05, 0) is 0 Å². The second kappa shape index (κ2) is 11.5. The summed E-state index contributed by atoms with van der Waals surface area (Å²) >= 11 is -1.89. The van der Waals surface area contributed by atoms with E-state index in [4.69, 9.17) is 0 Å². The van der Waals surface area contributed by atoms with Gasteiger partial charge in [-0.15, -0.1) is 0 Å². The summed E-state index contributed by atoms with van der Waals surface area (Å²) in [6.45, 7) is 9.77. The fourth-order valence-corrected chi connectivity index (χ4v) is 30.2. The average molecular weight is 535 g/mol. The van der Waals surface area contributed by atoms with E-state index in [0.717, 1.165) is 18.3 Å². The van der Waals surface area contributed by atoms with Crippen molar-refractivity contribution >= 4 is 8.70 Å². The normalized spacial score (nSPS) is 13.2. The summed E-state index contributed by atoms with van der Waals surface area (Å²) in [7, 11) is 0. The zero-order valence-corrected chi connectivity index (χ0v) is 23.5. The molecule has 0 N–H and O–H groups in total. The van der Waals surface area contributed by atoms with Crippen LogP contribution in [0.3, 0.4) is 0 Å². The largest absolute Gasteiger partial charge is 1.00 e. The Bertz CT molecular complexity index is 974. The van der Waals surface area contributed by atoms with Crippen LogP contribution < -0.4 is 28.1 Å². The Kier molecular flexibility index (Phi) is 9.88. The monoisotopic (exact) mass is 532 g/mol. The predicted octanol–water partition coefficient (Wildman–Crippen LogP) is 0.657. The first kappa shape index (κ1) is 25.9. The van der Waals surface area contributed by atoms with Gasteiger partial charge in [0.2, 0.25) is 0 Å². The Balaban J connectivity index is 0.00000160. The van der Waals surface area contributed by atoms with Crippen LogP contribution in [-0.2, 0) is 26.8 Å². The Labute approximate surface area is 203 Å². The molecule has 0 spiro atoms. The van der Waals surface area contributed by atoms with E-state index < -0.39 is 20.4 Å². The van der Waals surface area contributed by atoms with Gasteiger partial charge in [-0.2, -0.15) is 0 Å². The molecule has 0 heterocycles. The van der Waals surface area contributed by atoms with Crippen molar-refractivity contribution in [2.24, 2.45) is 11.8 Å². The van der Waals surface area contributed by atoms with E-state index in [1.807, 2.05) is 6.55 Å². The van der Waals surface area contributed by atoms with E-state index >= 15 is 0 Å². The Morgan fingerprint density at radius 3 is 2.17 bits per heavy atom. The van der Waals surface area contributed by atoms with Crippen molar-refractivity contribution in [3.63, 3.8) is 0 Å². The maximum atomic E-state index is 2.55. The fraction of sp³-hybridized carbons (Fsp3) is 0.385. The minimum Gasteiger partial charge on any atom is -1.00 e. The van der Waals surface area contributed by atoms with Crippen molar-refractivity contribution in [1.29, 1.82) is 0 Å². The summed E-state index contributed by atoms with van der Waals surface area (Å²) in [6.07, 6.45) is 9.64. The van der Waals surface area contributed by atoms with Crippen LogP contribution in [0.5, 0.6) is 0 Å². The van der Waals surface area contributed by atoms with E-state index in [9.17, 15) is 0 Å². The molecule has 2 aromatic carbocycles. The van der Waals surface area contributed by atoms with Crippen molar-refractivity contribution in [2.45, 2.75) is 52.6 Å². The molecule has 0 aliphatic heterocycles. The molecule has 2 aliphatic rings. The number of hydrogen-bond acceptors (Lipinski definition) is 0. The molecule has 0 unspecified atom stereocenters. The molecule has 30 heavy (non-hydrogen) atoms. The third-order valence-corrected chi connectivity index (χ3v) is 25.9. The summed E-state index contributed by atoms with van der Waals surface area (Å²) in [4.78, 5) is 0. The van der Waals surface area contributed by atoms with Gasteiger partial charge >= 0.3 is 180 Å². The minimum atomic E-state index is -1.89. The second-order valence-corrected chi connectivity index (χ2v) is 24.1. The van der Waals surface area contributed by atoms with Gasteiger partial charge in [-0.3, -0.25) is 0 Å². The van der Waals surface area contributed by atoms with Crippen LogP contribution in [0, 0.1) is 11.8 Å². The van der Waals surface area contributed by atoms with Gasteiger partial charge in [-0.1, -0.05) is 0 Å². The summed E-state index contributed by atoms with van der Waals surface area (Å²) in [6, 6.07) is 19.4. The first-order chi connectivity index (χ1) is 13.5. The van der Waals surface area contributed by atoms with Crippen LogP contribution in [0.4, 0.5) is 0 Å². The van der Waals surface area contributed by atoms with Crippen LogP contribution in [0.25, 0.3) is 11.1 Å². The number of rotatable bonds is 6. The van der Waals surface area contributed by atoms with Crippen molar-refractivity contribution in [3.8, 4) is 11.1 Å². The predicted molar refractivity (Wildman–Crippen MR) is 121 cm³/mol. The molecule has 2 aromatic rings. The molecule has 4 rings (SSSR count). The molecular weight excluding hydrogens is 503 g/mol. The topological polar surface area (TPSA) is 0 Å². The number of allylic oxidation sites excluding steroid dienone is 4. The van der Waals surface area contributed by atoms with E-state index in [1.54, 1.807) is 5.56 Å². The molecule has 158 valence electrons. The van der Waals surface area contributed by atoms with Crippen LogP contribution in [0.15, 0.2) is 64.0 Å². The van der Waals surface area contributed by atoms with Gasteiger partial charge in [0.1, 0.15) is 0 Å². The molecule has 2 aliphatic carbocycles. The van der Waals surface area contributed by atoms with Gasteiger partial charge in [-0.25, -0.2) is 0 Å². The summed E-state index contributed by atoms with van der Waals surface area (Å²) < 4.78 is 3.70. The zero-order chi connectivity index (χ0) is 19.7. The minimum absolute atomic E-state index is 0. The van der Waals surface area contributed by atoms with Crippen molar-refractivity contribution in [1.82, 2.24) is 0 Å². The summed E-state index contributed by atoms with van der Waals surface area (Å²) in [5.41, 5.74) is 5.92. The molecule has 0 amide bonds. The molecule has 0 fully saturated rings. The Hall–Kier alpha value is -0.400. The number of hydrogen-bond donors (Lipinski definition) is 0. The van der Waals surface area contributed by atoms with Gasteiger partial charge < -0.3 is 24.8 Å². The van der Waals surface area contributed by atoms with E-state index in [-0.39, 0.29) is 30.2 Å². The third-order valence-electron chi connectivity index (χ3n) is 5.88. The SMILES string of the molecule is CC(C)C[Si](CC(C)C)=[Zr+2]([C]1=CC=CC1)[c]1cccc2c1Cc1ccccc1-2.[Cl-].[Cl-]. The quantitative estimate of drug-likeness (QED) is 0.408. The van der Waals surface area contributed by atoms with Crippen molar-refractivity contribution < 1.29 is 45.2 Å². The molecule has 0 bridgehead atoms. The summed E-state index contributed by atoms with van der Waals surface area (Å²) in [5.74, 6) is 1.65. The first-order valence-corrected chi connectivity index (χ1v) is 18.9. The third kappa shape index (κ3) is 5.50. The smallest absolute Gasteiger partial charge is 1.00 e. The molecule has 0 radical (unpaired) electrons. The number of halogens is 2. The second-order valence-electron chi connectivity index (χ2n) is 9.16. The molecule has 4 heteroatoms. The number of benzene rings is 2. The van der Waals surface area contributed by atoms with E-state index in [2.05, 4.69) is 88.4 Å². The van der Waals surface area contributed by atoms with Crippen molar-refractivity contribution in [2.75, 3.05) is 0 Å². The van der Waals surface area contributed by atoms with Crippen LogP contribution in [-0.4, -0.2) is 5.43 Å². The van der Waals surface area contributed by atoms with Crippen LogP contribution in [0.2, 0.25) is 12.1 Å². The molecule has 0 atom stereocenters. The molecule has 0 aromatic heterocycles. The molecule has 0 saturated carbocycles. The maximum absolute atomic E-state index is 2.55. The molecule has 0 nitrogen and oxygen atoms in total. The Morgan fingerprint density at radius 1 is 0.867 bits per heavy atom. The van der Waals surface area contributed by atoms with Gasteiger partial charge in [0.05, 0.1) is 0 Å². The maximum Gasteiger partial charge on any atom is -1.00 e. The van der Waals surface area contributed by atoms with Crippen LogP contribution in [0.1, 0.15) is 45.2 Å². The van der Waals surface area contributed by atoms with E-state index in [0.29, 0.717) is 0 Å². The molecular formula is C26H32Cl2SiZr. The number of fused-ring (bicyclic) bond motifs is 3. The Morgan fingerprint density at radius 2 is 1.53 bits per heavy atom. The summed E-state index contributed by atoms with van der Waals surface area (Å²) in [5, 5.41) is 0. The standard InChI is InChI=1S/C13H9.C8H18Si.C5H5.2ClH.Zr/c1-3-7-12-10(5-1)9-11-6-2-4-8-13(11)12;1-7(2)5-9-6-8(3)4;1-2-4-5-3-1;;;/h1-5,7-8H,9H2;7-8H,5-6H2,1-4H3;1-3H,4H2;2*1H;/q;;;;;+2/p-2. The van der Waals surface area contributed by atoms with E-state index in [1.165, 1.54) is 35.2 Å². The molecule has 0 saturated heterocycles. The first-order valence-electron chi connectivity index (χ1n) is 10.8. The fourth-order valence-electron chi connectivity index (χ4n) is 4.89. The average Bonchev–Trinajstić information content (AvgIpc) is 3.29.